The first-order valence-corrected chi connectivity index (χ1v) is 33.0. The lowest BCUT2D eigenvalue weighted by Crippen LogP contribution is -2.61. The molecule has 462 valence electrons. The molecule has 2 aliphatic rings. The largest absolute Gasteiger partial charge is 0.416 e. The van der Waals surface area contributed by atoms with Crippen molar-refractivity contribution in [1.82, 2.24) is 14.5 Å². The van der Waals surface area contributed by atoms with E-state index in [1.807, 2.05) is 102 Å². The second kappa shape index (κ2) is 23.7. The molecule has 0 unspecified atom stereocenters. The second-order valence-corrected chi connectivity index (χ2v) is 25.1. The van der Waals surface area contributed by atoms with Gasteiger partial charge in [0.2, 0.25) is 0 Å². The summed E-state index contributed by atoms with van der Waals surface area (Å²) in [5, 5.41) is 1.75. The lowest BCUT2D eigenvalue weighted by atomic mass is 9.33. The number of rotatable bonds is 11. The van der Waals surface area contributed by atoms with Gasteiger partial charge in [-0.1, -0.05) is 255 Å². The molecule has 0 saturated carbocycles. The van der Waals surface area contributed by atoms with Gasteiger partial charge in [-0.2, -0.15) is 13.2 Å². The van der Waals surface area contributed by atoms with Crippen LogP contribution in [0.15, 0.2) is 346 Å². The molecule has 0 amide bonds. The van der Waals surface area contributed by atoms with Gasteiger partial charge in [-0.05, 0) is 163 Å². The van der Waals surface area contributed by atoms with E-state index < -0.39 is 11.7 Å². The van der Waals surface area contributed by atoms with Gasteiger partial charge in [0.05, 0.1) is 33.7 Å². The van der Waals surface area contributed by atoms with Gasteiger partial charge in [0.15, 0.2) is 5.82 Å². The van der Waals surface area contributed by atoms with Gasteiger partial charge >= 0.3 is 6.18 Å². The van der Waals surface area contributed by atoms with E-state index in [1.165, 1.54) is 23.1 Å². The Balaban J connectivity index is 0.887. The Kier molecular flexibility index (Phi) is 14.0. The van der Waals surface area contributed by atoms with E-state index in [-0.39, 0.29) is 6.71 Å². The molecule has 98 heavy (non-hydrogen) atoms. The van der Waals surface area contributed by atoms with Crippen LogP contribution in [0.5, 0.6) is 0 Å². The SMILES string of the molecule is FC(F)(F)c1ccc(-c2nc(-c3ccccc3)cc(-c3ccccc3)n2)c(-n2c3ccccc3c3cc(-c4cc5c6c(c4)N(c4ccc(-c7ccccc7)cc4)c4ccc(-c7ccccc7)cc4B6c4cc(-c6ccccc6)ccc4N5c4ccc(-c5ccccc5)cc4)ccc32)c1. The van der Waals surface area contributed by atoms with Crippen molar-refractivity contribution < 1.29 is 13.2 Å². The third kappa shape index (κ3) is 10.1. The highest BCUT2D eigenvalue weighted by atomic mass is 19.4. The highest BCUT2D eigenvalue weighted by Gasteiger charge is 2.44. The Morgan fingerprint density at radius 2 is 0.663 bits per heavy atom. The van der Waals surface area contributed by atoms with Gasteiger partial charge in [-0.15, -0.1) is 0 Å². The van der Waals surface area contributed by atoms with Gasteiger partial charge in [0, 0.05) is 61.6 Å². The summed E-state index contributed by atoms with van der Waals surface area (Å²) < 4.78 is 48.0. The molecule has 0 bridgehead atoms. The van der Waals surface area contributed by atoms with Crippen LogP contribution >= 0.6 is 0 Å². The zero-order valence-electron chi connectivity index (χ0n) is 52.9. The van der Waals surface area contributed by atoms with E-state index in [1.54, 1.807) is 0 Å². The second-order valence-electron chi connectivity index (χ2n) is 25.1. The minimum Gasteiger partial charge on any atom is -0.311 e. The number of para-hydroxylation sites is 1. The lowest BCUT2D eigenvalue weighted by Gasteiger charge is -2.44. The Bertz CT molecular complexity index is 5460. The van der Waals surface area contributed by atoms with Crippen LogP contribution in [0.3, 0.4) is 0 Å². The van der Waals surface area contributed by atoms with E-state index in [4.69, 9.17) is 9.97 Å². The van der Waals surface area contributed by atoms with Gasteiger partial charge < -0.3 is 14.4 Å². The van der Waals surface area contributed by atoms with Crippen LogP contribution in [0.2, 0.25) is 0 Å². The maximum Gasteiger partial charge on any atom is 0.416 e. The predicted octanol–water partition coefficient (Wildman–Crippen LogP) is 22.0. The summed E-state index contributed by atoms with van der Waals surface area (Å²) in [6.07, 6.45) is -4.65. The summed E-state index contributed by atoms with van der Waals surface area (Å²) in [6.45, 7) is -0.227. The number of benzene rings is 14. The number of alkyl halides is 3. The molecule has 5 nitrogen and oxygen atoms in total. The molecule has 0 aliphatic carbocycles. The number of hydrogen-bond acceptors (Lipinski definition) is 4. The smallest absolute Gasteiger partial charge is 0.311 e. The fourth-order valence-electron chi connectivity index (χ4n) is 14.8. The van der Waals surface area contributed by atoms with Crippen molar-refractivity contribution in [1.29, 1.82) is 0 Å². The summed E-state index contributed by atoms with van der Waals surface area (Å²) in [5.41, 5.74) is 25.1. The number of halogens is 3. The molecular formula is C89H57BF3N5. The van der Waals surface area contributed by atoms with Crippen molar-refractivity contribution in [2.75, 3.05) is 9.80 Å². The highest BCUT2D eigenvalue weighted by molar-refractivity contribution is 7.00. The molecule has 0 radical (unpaired) electrons. The van der Waals surface area contributed by atoms with Crippen molar-refractivity contribution >= 4 is 79.0 Å². The van der Waals surface area contributed by atoms with Crippen LogP contribution in [0.4, 0.5) is 47.3 Å². The minimum atomic E-state index is -4.65. The molecule has 0 spiro atoms. The van der Waals surface area contributed by atoms with Crippen molar-refractivity contribution in [3.05, 3.63) is 351 Å². The number of hydrogen-bond donors (Lipinski definition) is 0. The van der Waals surface area contributed by atoms with Crippen molar-refractivity contribution in [3.63, 3.8) is 0 Å². The molecule has 0 fully saturated rings. The summed E-state index contributed by atoms with van der Waals surface area (Å²) in [7, 11) is 0. The van der Waals surface area contributed by atoms with Crippen LogP contribution in [-0.2, 0) is 6.18 Å². The van der Waals surface area contributed by atoms with E-state index in [0.29, 0.717) is 28.5 Å². The molecule has 0 N–H and O–H groups in total. The Morgan fingerprint density at radius 3 is 1.13 bits per heavy atom. The van der Waals surface area contributed by atoms with E-state index in [9.17, 15) is 0 Å². The normalized spacial score (nSPS) is 12.4. The maximum atomic E-state index is 15.3. The quantitative estimate of drug-likeness (QED) is 0.121. The molecule has 14 aromatic carbocycles. The molecule has 4 heterocycles. The zero-order valence-corrected chi connectivity index (χ0v) is 52.9. The summed E-state index contributed by atoms with van der Waals surface area (Å²) >= 11 is 0. The van der Waals surface area contributed by atoms with Gasteiger partial charge in [-0.3, -0.25) is 0 Å². The molecule has 9 heteroatoms. The van der Waals surface area contributed by atoms with Crippen LogP contribution < -0.4 is 26.2 Å². The molecule has 2 aromatic heterocycles. The van der Waals surface area contributed by atoms with Gasteiger partial charge in [0.25, 0.3) is 6.71 Å². The molecule has 18 rings (SSSR count). The predicted molar refractivity (Wildman–Crippen MR) is 399 cm³/mol. The molecule has 2 aliphatic heterocycles. The molecule has 0 saturated heterocycles. The number of nitrogens with zero attached hydrogens (tertiary/aromatic N) is 5. The lowest BCUT2D eigenvalue weighted by molar-refractivity contribution is -0.137. The van der Waals surface area contributed by atoms with Crippen molar-refractivity contribution in [2.24, 2.45) is 0 Å². The minimum absolute atomic E-state index is 0.227. The summed E-state index contributed by atoms with van der Waals surface area (Å²) in [4.78, 5) is 15.3. The molecular weight excluding hydrogens is 1210 g/mol. The van der Waals surface area contributed by atoms with Gasteiger partial charge in [0.1, 0.15) is 0 Å². The summed E-state index contributed by atoms with van der Waals surface area (Å²) in [6, 6.07) is 119. The first-order valence-electron chi connectivity index (χ1n) is 33.0. The first-order chi connectivity index (χ1) is 48.2. The number of anilines is 6. The molecule has 16 aromatic rings. The van der Waals surface area contributed by atoms with Crippen molar-refractivity contribution in [2.45, 2.75) is 6.18 Å². The Morgan fingerprint density at radius 1 is 0.276 bits per heavy atom. The van der Waals surface area contributed by atoms with E-state index in [0.717, 1.165) is 134 Å². The monoisotopic (exact) mass is 1260 g/mol. The Labute approximate surface area is 566 Å². The standard InChI is InChI=1S/C89H57BF3N5/c91-89(92,93)70-42-47-74(88-94-78(64-29-15-5-16-30-64)57-79(95-88)65-31-17-6-18-32-65)84(56-70)98-80-34-20-19-33-73(80)75-51-66(39-48-81(75)98)69-54-85-87-86(55-69)97(72-45-37-63(38-46-72)59-23-9-2-10-24-59)83-50-41-68(61-27-13-4-14-28-61)53-77(83)90(87)76-52-67(60-25-11-3-12-26-60)40-49-82(76)96(85)71-43-35-62(36-44-71)58-21-7-1-8-22-58/h1-57H. The first kappa shape index (κ1) is 58.0. The third-order valence-electron chi connectivity index (χ3n) is 19.4. The van der Waals surface area contributed by atoms with Crippen LogP contribution in [0.25, 0.3) is 117 Å². The van der Waals surface area contributed by atoms with Crippen LogP contribution in [0.1, 0.15) is 5.56 Å². The number of aromatic nitrogens is 3. The summed E-state index contributed by atoms with van der Waals surface area (Å²) in [5.74, 6) is 0.298. The Hall–Kier alpha value is -12.6. The fraction of sp³-hybridized carbons (Fsp3) is 0.0112. The van der Waals surface area contributed by atoms with Crippen molar-refractivity contribution in [3.8, 4) is 95.2 Å². The number of fused-ring (bicyclic) bond motifs is 7. The topological polar surface area (TPSA) is 37.2 Å². The average Bonchev–Trinajstić information content (AvgIpc) is 0.725. The fourth-order valence-corrected chi connectivity index (χ4v) is 14.8. The molecule has 0 atom stereocenters. The van der Waals surface area contributed by atoms with E-state index >= 15 is 13.2 Å². The maximum absolute atomic E-state index is 15.3. The van der Waals surface area contributed by atoms with Crippen LogP contribution in [0, 0.1) is 0 Å². The van der Waals surface area contributed by atoms with Crippen LogP contribution in [-0.4, -0.2) is 21.2 Å². The zero-order chi connectivity index (χ0) is 65.4. The highest BCUT2D eigenvalue weighted by Crippen LogP contribution is 2.49. The third-order valence-corrected chi connectivity index (χ3v) is 19.4. The van der Waals surface area contributed by atoms with E-state index in [2.05, 4.69) is 240 Å². The van der Waals surface area contributed by atoms with Gasteiger partial charge in [-0.25, -0.2) is 9.97 Å². The average molecular weight is 1260 g/mol.